The van der Waals surface area contributed by atoms with Crippen molar-refractivity contribution in [1.29, 1.82) is 0 Å². The fourth-order valence-corrected chi connectivity index (χ4v) is 11.3. The van der Waals surface area contributed by atoms with Gasteiger partial charge in [0.15, 0.2) is 5.78 Å². The SMILES string of the molecule is CC(=O)c1ccc2c(c1)B(O)OC2.COC(=O)c1ccc(C)c(Br)c1.COC(=O)c1ccc(CBr)c(Br)c1.COC(=O)c1ccc(COC(C)=O)c(B2OC(C)(C)C(C)(C)O2)c1.COC(=O)c1ccc(COC(C)=O)c(Br)c1.Cc1ccc(C(=O)O)cc1Br.O=C(O)c1ccc2c(c1)B(O)OC2.[B]=NS. The number of aryl methyl sites for hydroxylation is 2. The Kier molecular flexibility index (Phi) is 39.0. The van der Waals surface area contributed by atoms with Gasteiger partial charge < -0.3 is 67.3 Å². The van der Waals surface area contributed by atoms with E-state index < -0.39 is 56.4 Å². The second kappa shape index (κ2) is 44.6. The molecule has 1 radical (unpaired) electrons. The van der Waals surface area contributed by atoms with Gasteiger partial charge in [-0.05, 0) is 171 Å². The number of benzene rings is 7. The topological polar surface area (TPSA) is 339 Å². The van der Waals surface area contributed by atoms with E-state index in [2.05, 4.69) is 119 Å². The van der Waals surface area contributed by atoms with Gasteiger partial charge in [0, 0.05) is 48.2 Å². The van der Waals surface area contributed by atoms with Gasteiger partial charge in [-0.2, -0.15) is 0 Å². The zero-order valence-corrected chi connectivity index (χ0v) is 68.1. The van der Waals surface area contributed by atoms with Gasteiger partial charge in [-0.15, -0.1) is 0 Å². The standard InChI is InChI=1S/C17H23BO6.C11H11BrO4.C9H9BO3.C9H8Br2O2.C9H9BrO2.C8H7BO4.C8H7BrO2.BHNS/c1-11(19)22-10-13-8-7-12(15(20)21-6)9-14(13)18-23-16(2,3)17(4,5)24-18;1-7(13)16-6-9-4-3-8(5-10(9)12)11(14)15-2;1-6(11)7-2-3-8-5-13-10(12)9(8)4-7;1-13-9(12)6-2-3-7(5-10)8(11)4-6;1-6-3-4-7(5-8(6)10)9(11)12-2;10-8(11)5-1-2-6-4-13-9(12)7(6)3-5;1-5-2-3-6(8(10)11)4-7(5)9;1-2-3/h7-9H,10H2,1-6H3;3-5H,6H2,1-2H3;2-4,12H,5H2,1H3;2-4H,5H2,1H3;3-5H,1-2H3;1-3,12H,4H2,(H,10,11);2-4H,1H3,(H,10,11);3H. The average Bonchev–Trinajstić information content (AvgIpc) is 1.62. The van der Waals surface area contributed by atoms with Gasteiger partial charge in [0.05, 0.1) is 86.2 Å². The van der Waals surface area contributed by atoms with Crippen molar-refractivity contribution in [3.63, 3.8) is 0 Å². The molecule has 0 aliphatic carbocycles. The number of methoxy groups -OCH3 is 4. The molecule has 555 valence electrons. The maximum atomic E-state index is 11.8. The number of carboxylic acid groups (broad SMARTS) is 2. The Bertz CT molecular complexity index is 4180. The summed E-state index contributed by atoms with van der Waals surface area (Å²) >= 11 is 19.8. The zero-order chi connectivity index (χ0) is 79.2. The number of carbonyl (C=O) groups is 9. The van der Waals surface area contributed by atoms with Gasteiger partial charge in [0.25, 0.3) is 0 Å². The summed E-state index contributed by atoms with van der Waals surface area (Å²) in [5.41, 5.74) is 10.5. The molecule has 24 nitrogen and oxygen atoms in total. The number of hydrogen-bond acceptors (Lipinski definition) is 23. The predicted octanol–water partition coefficient (Wildman–Crippen LogP) is 12.2. The van der Waals surface area contributed by atoms with E-state index >= 15 is 0 Å². The Morgan fingerprint density at radius 3 is 1.14 bits per heavy atom. The number of halogens is 5. The third-order valence-corrected chi connectivity index (χ3v) is 19.1. The number of thiol groups is 1. The zero-order valence-electron chi connectivity index (χ0n) is 59.3. The van der Waals surface area contributed by atoms with Crippen LogP contribution in [0.3, 0.4) is 0 Å². The molecular formula is C71H75B4Br5NO23S. The van der Waals surface area contributed by atoms with Crippen LogP contribution < -0.4 is 16.4 Å². The summed E-state index contributed by atoms with van der Waals surface area (Å²) < 4.78 is 56.5. The van der Waals surface area contributed by atoms with Crippen LogP contribution in [0.15, 0.2) is 150 Å². The molecule has 7 aromatic carbocycles. The Labute approximate surface area is 658 Å². The number of aromatic carboxylic acids is 2. The summed E-state index contributed by atoms with van der Waals surface area (Å²) in [6.07, 6.45) is 0. The van der Waals surface area contributed by atoms with E-state index in [-0.39, 0.29) is 48.4 Å². The first-order valence-electron chi connectivity index (χ1n) is 30.9. The molecule has 0 saturated carbocycles. The monoisotopic (exact) mass is 1780 g/mol. The Balaban J connectivity index is 0.000000321. The quantitative estimate of drug-likeness (QED) is 0.0179. The van der Waals surface area contributed by atoms with Gasteiger partial charge in [-0.25, -0.2) is 28.8 Å². The van der Waals surface area contributed by atoms with E-state index in [1.807, 2.05) is 59.7 Å². The molecule has 105 heavy (non-hydrogen) atoms. The van der Waals surface area contributed by atoms with Crippen LogP contribution in [0.25, 0.3) is 0 Å². The van der Waals surface area contributed by atoms with Crippen molar-refractivity contribution in [3.8, 4) is 0 Å². The summed E-state index contributed by atoms with van der Waals surface area (Å²) in [5, 5.41) is 36.6. The van der Waals surface area contributed by atoms with E-state index in [9.17, 15) is 53.2 Å². The number of carbonyl (C=O) groups excluding carboxylic acids is 7. The molecule has 34 heteroatoms. The number of alkyl halides is 1. The molecular weight excluding hydrogens is 1710 g/mol. The van der Waals surface area contributed by atoms with Crippen LogP contribution in [0.1, 0.15) is 160 Å². The molecule has 10 rings (SSSR count). The van der Waals surface area contributed by atoms with Crippen LogP contribution in [0.4, 0.5) is 0 Å². The minimum atomic E-state index is -0.998. The number of fused-ring (bicyclic) bond motifs is 2. The molecule has 4 N–H and O–H groups in total. The fourth-order valence-electron chi connectivity index (χ4n) is 8.67. The van der Waals surface area contributed by atoms with Crippen molar-refractivity contribution in [2.24, 2.45) is 4.30 Å². The second-order valence-corrected chi connectivity index (χ2v) is 27.3. The first-order chi connectivity index (χ1) is 49.3. The van der Waals surface area contributed by atoms with Crippen molar-refractivity contribution >= 4 is 191 Å². The maximum absolute atomic E-state index is 11.8. The van der Waals surface area contributed by atoms with E-state index in [0.29, 0.717) is 67.5 Å². The summed E-state index contributed by atoms with van der Waals surface area (Å²) in [5.74, 6) is -4.10. The summed E-state index contributed by atoms with van der Waals surface area (Å²) in [6.45, 7) is 16.9. The van der Waals surface area contributed by atoms with Crippen LogP contribution in [-0.2, 0) is 88.4 Å². The third kappa shape index (κ3) is 29.0. The van der Waals surface area contributed by atoms with Crippen LogP contribution in [0.2, 0.25) is 0 Å². The first kappa shape index (κ1) is 91.7. The summed E-state index contributed by atoms with van der Waals surface area (Å²) in [7, 11) is 7.22. The molecule has 1 fully saturated rings. The van der Waals surface area contributed by atoms with Gasteiger partial charge in [-0.1, -0.05) is 134 Å². The second-order valence-electron chi connectivity index (χ2n) is 23.1. The molecule has 0 amide bonds. The summed E-state index contributed by atoms with van der Waals surface area (Å²) in [6, 6.07) is 35.5. The molecule has 0 bridgehead atoms. The number of ketones is 1. The summed E-state index contributed by atoms with van der Waals surface area (Å²) in [4.78, 5) is 99.0. The molecule has 3 aliphatic rings. The van der Waals surface area contributed by atoms with E-state index in [1.54, 1.807) is 97.1 Å². The van der Waals surface area contributed by atoms with Crippen molar-refractivity contribution in [2.75, 3.05) is 28.4 Å². The molecule has 1 saturated heterocycles. The number of esters is 6. The fraction of sp³-hybridized carbons (Fsp3) is 0.282. The minimum absolute atomic E-state index is 0.00176. The molecule has 0 unspecified atom stereocenters. The van der Waals surface area contributed by atoms with E-state index in [0.717, 1.165) is 57.7 Å². The molecule has 7 aromatic rings. The molecule has 3 heterocycles. The van der Waals surface area contributed by atoms with Crippen molar-refractivity contribution in [3.05, 3.63) is 223 Å². The van der Waals surface area contributed by atoms with Gasteiger partial charge >= 0.3 is 93.9 Å². The predicted molar refractivity (Wildman–Crippen MR) is 416 cm³/mol. The molecule has 0 spiro atoms. The molecule has 0 atom stereocenters. The first-order valence-corrected chi connectivity index (χ1v) is 35.6. The van der Waals surface area contributed by atoms with Crippen LogP contribution in [0.5, 0.6) is 0 Å². The molecule has 3 aliphatic heterocycles. The van der Waals surface area contributed by atoms with Crippen molar-refractivity contribution < 1.29 is 110 Å². The number of rotatable bonds is 13. The third-order valence-electron chi connectivity index (χ3n) is 15.3. The van der Waals surface area contributed by atoms with Gasteiger partial charge in [0.2, 0.25) is 0 Å². The number of nitrogens with zero attached hydrogens (tertiary/aromatic N) is 1. The number of ether oxygens (including phenoxy) is 6. The average molecular weight is 1790 g/mol. The van der Waals surface area contributed by atoms with E-state index in [1.165, 1.54) is 61.3 Å². The Morgan fingerprint density at radius 1 is 0.476 bits per heavy atom. The van der Waals surface area contributed by atoms with Crippen molar-refractivity contribution in [2.45, 2.75) is 105 Å². The van der Waals surface area contributed by atoms with Crippen LogP contribution in [-0.4, -0.2) is 142 Å². The van der Waals surface area contributed by atoms with Crippen molar-refractivity contribution in [1.82, 2.24) is 0 Å². The number of hydrogen-bond donors (Lipinski definition) is 5. The van der Waals surface area contributed by atoms with E-state index in [4.69, 9.17) is 43.0 Å². The van der Waals surface area contributed by atoms with Gasteiger partial charge in [0.1, 0.15) is 13.2 Å². The Morgan fingerprint density at radius 2 is 0.781 bits per heavy atom. The normalized spacial score (nSPS) is 12.7. The number of carboxylic acids is 2. The number of Topliss-reactive ketones (excluding diaryl/α,β-unsaturated/α-hetero) is 1. The Hall–Kier alpha value is -7.46. The molecule has 0 aromatic heterocycles. The van der Waals surface area contributed by atoms with Crippen LogP contribution >= 0.6 is 92.5 Å². The van der Waals surface area contributed by atoms with Crippen LogP contribution in [0, 0.1) is 13.8 Å². The van der Waals surface area contributed by atoms with Gasteiger partial charge in [-0.3, -0.25) is 14.4 Å².